The second-order valence-corrected chi connectivity index (χ2v) is 4.88. The second kappa shape index (κ2) is 5.94. The van der Waals surface area contributed by atoms with Crippen molar-refractivity contribution >= 4 is 10.8 Å². The van der Waals surface area contributed by atoms with Gasteiger partial charge in [-0.2, -0.15) is 0 Å². The minimum atomic E-state index is -0.298. The van der Waals surface area contributed by atoms with E-state index in [1.54, 1.807) is 6.07 Å². The smallest absolute Gasteiger partial charge is 0.124 e. The van der Waals surface area contributed by atoms with Gasteiger partial charge >= 0.3 is 0 Å². The van der Waals surface area contributed by atoms with Crippen LogP contribution in [0.1, 0.15) is 11.1 Å². The summed E-state index contributed by atoms with van der Waals surface area (Å²) in [6.07, 6.45) is 0. The molecular weight excluding hydrogens is 265 g/mol. The lowest BCUT2D eigenvalue weighted by Crippen LogP contribution is -2.03. The van der Waals surface area contributed by atoms with Crippen molar-refractivity contribution in [2.75, 3.05) is 0 Å². The van der Waals surface area contributed by atoms with Crippen LogP contribution < -0.4 is 10.5 Å². The van der Waals surface area contributed by atoms with Crippen LogP contribution in [0, 0.1) is 5.82 Å². The van der Waals surface area contributed by atoms with Crippen molar-refractivity contribution < 1.29 is 9.13 Å². The second-order valence-electron chi connectivity index (χ2n) is 4.88. The van der Waals surface area contributed by atoms with Gasteiger partial charge in [-0.25, -0.2) is 4.39 Å². The van der Waals surface area contributed by atoms with Gasteiger partial charge in [0.25, 0.3) is 0 Å². The van der Waals surface area contributed by atoms with E-state index in [9.17, 15) is 4.39 Å². The van der Waals surface area contributed by atoms with Gasteiger partial charge in [0.15, 0.2) is 0 Å². The van der Waals surface area contributed by atoms with Crippen LogP contribution in [-0.4, -0.2) is 0 Å². The predicted molar refractivity (Wildman–Crippen MR) is 82.6 cm³/mol. The molecule has 0 aromatic heterocycles. The van der Waals surface area contributed by atoms with Gasteiger partial charge in [0, 0.05) is 12.1 Å². The molecule has 0 saturated carbocycles. The molecule has 0 amide bonds. The van der Waals surface area contributed by atoms with Crippen molar-refractivity contribution in [1.82, 2.24) is 0 Å². The average molecular weight is 281 g/mol. The Labute approximate surface area is 123 Å². The molecule has 3 aromatic carbocycles. The Morgan fingerprint density at radius 2 is 1.71 bits per heavy atom. The summed E-state index contributed by atoms with van der Waals surface area (Å²) in [7, 11) is 0. The molecule has 3 rings (SSSR count). The molecule has 0 heterocycles. The van der Waals surface area contributed by atoms with Crippen LogP contribution in [0.4, 0.5) is 4.39 Å². The van der Waals surface area contributed by atoms with Gasteiger partial charge in [0.1, 0.15) is 18.2 Å². The largest absolute Gasteiger partial charge is 0.489 e. The van der Waals surface area contributed by atoms with Gasteiger partial charge in [-0.3, -0.25) is 0 Å². The number of benzene rings is 3. The van der Waals surface area contributed by atoms with E-state index in [-0.39, 0.29) is 12.4 Å². The third kappa shape index (κ3) is 2.88. The first-order chi connectivity index (χ1) is 10.3. The Morgan fingerprint density at radius 3 is 2.57 bits per heavy atom. The van der Waals surface area contributed by atoms with Gasteiger partial charge in [-0.05, 0) is 34.5 Å². The molecule has 0 aliphatic heterocycles. The standard InChI is InChI=1S/C18H16FNO/c19-16-8-9-18(15(10-16)11-20)21-12-14-6-3-5-13-4-1-2-7-17(13)14/h1-10H,11-12,20H2. The Hall–Kier alpha value is -2.39. The molecule has 0 aliphatic carbocycles. The minimum Gasteiger partial charge on any atom is -0.489 e. The molecule has 0 radical (unpaired) electrons. The fourth-order valence-electron chi connectivity index (χ4n) is 2.42. The zero-order chi connectivity index (χ0) is 14.7. The highest BCUT2D eigenvalue weighted by molar-refractivity contribution is 5.85. The first kappa shape index (κ1) is 13.6. The highest BCUT2D eigenvalue weighted by Crippen LogP contribution is 2.23. The number of fused-ring (bicyclic) bond motifs is 1. The summed E-state index contributed by atoms with van der Waals surface area (Å²) in [5.74, 6) is 0.333. The third-order valence-corrected chi connectivity index (χ3v) is 3.51. The molecule has 21 heavy (non-hydrogen) atoms. The molecule has 3 aromatic rings. The van der Waals surface area contributed by atoms with Gasteiger partial charge in [-0.1, -0.05) is 42.5 Å². The molecule has 0 bridgehead atoms. The summed E-state index contributed by atoms with van der Waals surface area (Å²) >= 11 is 0. The summed E-state index contributed by atoms with van der Waals surface area (Å²) in [4.78, 5) is 0. The van der Waals surface area contributed by atoms with E-state index >= 15 is 0 Å². The van der Waals surface area contributed by atoms with Crippen LogP contribution in [0.25, 0.3) is 10.8 Å². The van der Waals surface area contributed by atoms with E-state index in [2.05, 4.69) is 18.2 Å². The number of ether oxygens (including phenoxy) is 1. The summed E-state index contributed by atoms with van der Waals surface area (Å²) in [5, 5.41) is 2.34. The minimum absolute atomic E-state index is 0.253. The van der Waals surface area contributed by atoms with Gasteiger partial charge in [0.05, 0.1) is 0 Å². The Balaban J connectivity index is 1.87. The summed E-state index contributed by atoms with van der Waals surface area (Å²) in [5.41, 5.74) is 7.41. The zero-order valence-corrected chi connectivity index (χ0v) is 11.6. The predicted octanol–water partition coefficient (Wildman–Crippen LogP) is 4.02. The topological polar surface area (TPSA) is 35.2 Å². The van der Waals surface area contributed by atoms with E-state index in [0.29, 0.717) is 17.9 Å². The van der Waals surface area contributed by atoms with Crippen LogP contribution in [0.5, 0.6) is 5.75 Å². The maximum absolute atomic E-state index is 13.2. The molecule has 0 saturated heterocycles. The van der Waals surface area contributed by atoms with Crippen molar-refractivity contribution in [3.05, 3.63) is 77.6 Å². The quantitative estimate of drug-likeness (QED) is 0.784. The lowest BCUT2D eigenvalue weighted by atomic mass is 10.1. The van der Waals surface area contributed by atoms with Gasteiger partial charge in [0.2, 0.25) is 0 Å². The number of nitrogens with two attached hydrogens (primary N) is 1. The van der Waals surface area contributed by atoms with E-state index in [4.69, 9.17) is 10.5 Å². The Morgan fingerprint density at radius 1 is 0.905 bits per heavy atom. The molecule has 0 unspecified atom stereocenters. The SMILES string of the molecule is NCc1cc(F)ccc1OCc1cccc2ccccc12. The third-order valence-electron chi connectivity index (χ3n) is 3.51. The summed E-state index contributed by atoms with van der Waals surface area (Å²) in [6, 6.07) is 18.7. The zero-order valence-electron chi connectivity index (χ0n) is 11.6. The van der Waals surface area contributed by atoms with Crippen LogP contribution in [0.15, 0.2) is 60.7 Å². The van der Waals surface area contributed by atoms with Crippen molar-refractivity contribution in [3.63, 3.8) is 0 Å². The van der Waals surface area contributed by atoms with Crippen LogP contribution in [0.2, 0.25) is 0 Å². The first-order valence-electron chi connectivity index (χ1n) is 6.86. The molecule has 0 fully saturated rings. The summed E-state index contributed by atoms with van der Waals surface area (Å²) in [6.45, 7) is 0.683. The van der Waals surface area contributed by atoms with E-state index < -0.39 is 0 Å². The number of rotatable bonds is 4. The van der Waals surface area contributed by atoms with Gasteiger partial charge < -0.3 is 10.5 Å². The van der Waals surface area contributed by atoms with Crippen molar-refractivity contribution in [2.24, 2.45) is 5.73 Å². The molecule has 106 valence electrons. The van der Waals surface area contributed by atoms with Crippen molar-refractivity contribution in [1.29, 1.82) is 0 Å². The highest BCUT2D eigenvalue weighted by atomic mass is 19.1. The summed E-state index contributed by atoms with van der Waals surface area (Å²) < 4.78 is 19.0. The fraction of sp³-hybridized carbons (Fsp3) is 0.111. The van der Waals surface area contributed by atoms with Crippen LogP contribution in [-0.2, 0) is 13.2 Å². The lowest BCUT2D eigenvalue weighted by molar-refractivity contribution is 0.304. The van der Waals surface area contributed by atoms with E-state index in [1.807, 2.05) is 24.3 Å². The molecular formula is C18H16FNO. The van der Waals surface area contributed by atoms with Crippen LogP contribution >= 0.6 is 0 Å². The molecule has 2 nitrogen and oxygen atoms in total. The first-order valence-corrected chi connectivity index (χ1v) is 6.86. The number of halogens is 1. The van der Waals surface area contributed by atoms with E-state index in [0.717, 1.165) is 10.9 Å². The maximum Gasteiger partial charge on any atom is 0.124 e. The van der Waals surface area contributed by atoms with Crippen LogP contribution in [0.3, 0.4) is 0 Å². The molecule has 2 N–H and O–H groups in total. The molecule has 0 atom stereocenters. The fourth-order valence-corrected chi connectivity index (χ4v) is 2.42. The monoisotopic (exact) mass is 281 g/mol. The van der Waals surface area contributed by atoms with Gasteiger partial charge in [-0.15, -0.1) is 0 Å². The Bertz CT molecular complexity index is 765. The van der Waals surface area contributed by atoms with E-state index in [1.165, 1.54) is 17.5 Å². The average Bonchev–Trinajstić information content (AvgIpc) is 2.53. The molecule has 0 spiro atoms. The Kier molecular flexibility index (Phi) is 3.84. The normalized spacial score (nSPS) is 10.8. The number of hydrogen-bond acceptors (Lipinski definition) is 2. The maximum atomic E-state index is 13.2. The van der Waals surface area contributed by atoms with Crippen molar-refractivity contribution in [3.8, 4) is 5.75 Å². The molecule has 0 aliphatic rings. The number of hydrogen-bond donors (Lipinski definition) is 1. The lowest BCUT2D eigenvalue weighted by Gasteiger charge is -2.12. The molecule has 3 heteroatoms. The van der Waals surface area contributed by atoms with Crippen molar-refractivity contribution in [2.45, 2.75) is 13.2 Å². The highest BCUT2D eigenvalue weighted by Gasteiger charge is 2.06.